The van der Waals surface area contributed by atoms with Crippen LogP contribution in [0.1, 0.15) is 29.1 Å². The van der Waals surface area contributed by atoms with Gasteiger partial charge in [-0.3, -0.25) is 9.69 Å². The van der Waals surface area contributed by atoms with Crippen molar-refractivity contribution >= 4 is 5.78 Å². The number of nitrogens with one attached hydrogen (secondary N) is 1. The highest BCUT2D eigenvalue weighted by Crippen LogP contribution is 2.09. The molecule has 0 aliphatic carbocycles. The molecular weight excluding hydrogens is 164 g/mol. The van der Waals surface area contributed by atoms with E-state index in [9.17, 15) is 4.79 Å². The van der Waals surface area contributed by atoms with E-state index in [1.807, 2.05) is 0 Å². The summed E-state index contributed by atoms with van der Waals surface area (Å²) in [6.45, 7) is 9.89. The number of carbonyl (C=O) groups excluding carboxylic acids is 1. The third kappa shape index (κ3) is 2.78. The summed E-state index contributed by atoms with van der Waals surface area (Å²) in [5.41, 5.74) is 0. The van der Waals surface area contributed by atoms with Crippen LogP contribution in [0.2, 0.25) is 0 Å². The molecular formula is C10H22N2O. The van der Waals surface area contributed by atoms with Crippen molar-refractivity contribution in [3.05, 3.63) is 0 Å². The predicted octanol–water partition coefficient (Wildman–Crippen LogP) is 0.892. The summed E-state index contributed by atoms with van der Waals surface area (Å²) in [4.78, 5) is 13.7. The molecule has 1 N–H and O–H groups in total. The first-order valence-corrected chi connectivity index (χ1v) is 5.03. The van der Waals surface area contributed by atoms with Gasteiger partial charge in [-0.05, 0) is 13.8 Å². The first kappa shape index (κ1) is 10.7. The maximum absolute atomic E-state index is 11.5. The van der Waals surface area contributed by atoms with Crippen LogP contribution in [0.3, 0.4) is 0 Å². The van der Waals surface area contributed by atoms with Crippen LogP contribution in [0, 0.1) is 0 Å². The highest BCUT2D eigenvalue weighted by atomic mass is 16.1. The van der Waals surface area contributed by atoms with Gasteiger partial charge in [0.2, 0.25) is 0 Å². The first-order chi connectivity index (χ1) is 6.00. The maximum Gasteiger partial charge on any atom is 0.164 e. The second kappa shape index (κ2) is 4.20. The lowest BCUT2D eigenvalue weighted by atomic mass is 10.2. The summed E-state index contributed by atoms with van der Waals surface area (Å²) < 4.78 is 0. The number of Topliss-reactive ketones (excluding diaryl/α,β-unsaturated/α-hetero) is 1. The van der Waals surface area contributed by atoms with Crippen molar-refractivity contribution in [1.82, 2.24) is 10.2 Å². The standard InChI is InChI=1S/C10H20N2O.H2/c1-7(2)11-9-5-12(8(3)4)6-10(9)13;/h7-9,11H,5-6H2,1-4H3;1H/t9-;/m0./s1. The van der Waals surface area contributed by atoms with Gasteiger partial charge in [-0.25, -0.2) is 0 Å². The molecule has 3 nitrogen and oxygen atoms in total. The predicted molar refractivity (Wildman–Crippen MR) is 55.9 cm³/mol. The van der Waals surface area contributed by atoms with Crippen LogP contribution in [0.4, 0.5) is 0 Å². The Labute approximate surface area is 82.0 Å². The van der Waals surface area contributed by atoms with E-state index in [1.165, 1.54) is 0 Å². The van der Waals surface area contributed by atoms with E-state index < -0.39 is 0 Å². The van der Waals surface area contributed by atoms with Crippen molar-refractivity contribution in [2.24, 2.45) is 0 Å². The van der Waals surface area contributed by atoms with Gasteiger partial charge < -0.3 is 5.32 Å². The highest BCUT2D eigenvalue weighted by Gasteiger charge is 2.31. The third-order valence-corrected chi connectivity index (χ3v) is 2.43. The van der Waals surface area contributed by atoms with Gasteiger partial charge in [-0.2, -0.15) is 0 Å². The number of nitrogens with zero attached hydrogens (tertiary/aromatic N) is 1. The molecule has 1 atom stereocenters. The minimum Gasteiger partial charge on any atom is -0.304 e. The van der Waals surface area contributed by atoms with E-state index in [4.69, 9.17) is 0 Å². The van der Waals surface area contributed by atoms with E-state index in [-0.39, 0.29) is 7.47 Å². The second-order valence-electron chi connectivity index (χ2n) is 4.36. The molecule has 0 radical (unpaired) electrons. The largest absolute Gasteiger partial charge is 0.304 e. The molecule has 1 rings (SSSR count). The van der Waals surface area contributed by atoms with Crippen LogP contribution in [-0.4, -0.2) is 41.9 Å². The zero-order valence-electron chi connectivity index (χ0n) is 9.00. The number of carbonyl (C=O) groups is 1. The van der Waals surface area contributed by atoms with Crippen LogP contribution in [0.5, 0.6) is 0 Å². The van der Waals surface area contributed by atoms with Gasteiger partial charge in [0, 0.05) is 20.1 Å². The fraction of sp³-hybridized carbons (Fsp3) is 0.900. The molecule has 1 aliphatic heterocycles. The maximum atomic E-state index is 11.5. The molecule has 3 heteroatoms. The molecule has 78 valence electrons. The van der Waals surface area contributed by atoms with Gasteiger partial charge in [-0.1, -0.05) is 13.8 Å². The molecule has 1 aliphatic rings. The Balaban J connectivity index is 0.00000169. The SMILES string of the molecule is CC(C)N[C@H]1CN(C(C)C)CC1=O.[HH]. The van der Waals surface area contributed by atoms with Crippen LogP contribution < -0.4 is 5.32 Å². The average molecular weight is 186 g/mol. The van der Waals surface area contributed by atoms with Crippen LogP contribution in [0.25, 0.3) is 0 Å². The van der Waals surface area contributed by atoms with Crippen molar-refractivity contribution in [1.29, 1.82) is 0 Å². The summed E-state index contributed by atoms with van der Waals surface area (Å²) in [5.74, 6) is 0.336. The van der Waals surface area contributed by atoms with Gasteiger partial charge in [0.05, 0.1) is 12.6 Å². The Morgan fingerprint density at radius 2 is 2.08 bits per heavy atom. The number of rotatable bonds is 3. The lowest BCUT2D eigenvalue weighted by molar-refractivity contribution is -0.118. The van der Waals surface area contributed by atoms with E-state index in [0.717, 1.165) is 6.54 Å². The molecule has 1 heterocycles. The Bertz CT molecular complexity index is 195. The van der Waals surface area contributed by atoms with Crippen molar-refractivity contribution in [3.8, 4) is 0 Å². The lowest BCUT2D eigenvalue weighted by Gasteiger charge is -2.20. The fourth-order valence-electron chi connectivity index (χ4n) is 1.65. The van der Waals surface area contributed by atoms with E-state index >= 15 is 0 Å². The van der Waals surface area contributed by atoms with Crippen LogP contribution in [0.15, 0.2) is 0 Å². The van der Waals surface area contributed by atoms with Crippen molar-refractivity contribution in [3.63, 3.8) is 0 Å². The summed E-state index contributed by atoms with van der Waals surface area (Å²) in [5, 5.41) is 3.29. The Morgan fingerprint density at radius 3 is 2.46 bits per heavy atom. The molecule has 0 aromatic rings. The zero-order valence-corrected chi connectivity index (χ0v) is 9.00. The number of likely N-dealkylation sites (tertiary alicyclic amines) is 1. The van der Waals surface area contributed by atoms with E-state index in [0.29, 0.717) is 24.4 Å². The quantitative estimate of drug-likeness (QED) is 0.710. The van der Waals surface area contributed by atoms with Gasteiger partial charge in [0.1, 0.15) is 0 Å². The molecule has 0 aromatic carbocycles. The van der Waals surface area contributed by atoms with Crippen molar-refractivity contribution in [2.45, 2.75) is 45.8 Å². The topological polar surface area (TPSA) is 32.3 Å². The minimum absolute atomic E-state index is 0. The van der Waals surface area contributed by atoms with Gasteiger partial charge in [-0.15, -0.1) is 0 Å². The monoisotopic (exact) mass is 186 g/mol. The van der Waals surface area contributed by atoms with E-state index in [2.05, 4.69) is 37.9 Å². The molecule has 13 heavy (non-hydrogen) atoms. The Kier molecular flexibility index (Phi) is 3.45. The van der Waals surface area contributed by atoms with Gasteiger partial charge in [0.25, 0.3) is 0 Å². The summed E-state index contributed by atoms with van der Waals surface area (Å²) >= 11 is 0. The summed E-state index contributed by atoms with van der Waals surface area (Å²) in [6.07, 6.45) is 0. The van der Waals surface area contributed by atoms with E-state index in [1.54, 1.807) is 0 Å². The molecule has 0 aromatic heterocycles. The second-order valence-corrected chi connectivity index (χ2v) is 4.36. The number of hydrogen-bond acceptors (Lipinski definition) is 3. The number of ketones is 1. The normalized spacial score (nSPS) is 25.1. The molecule has 1 fully saturated rings. The fourth-order valence-corrected chi connectivity index (χ4v) is 1.65. The molecule has 0 saturated carbocycles. The van der Waals surface area contributed by atoms with Crippen molar-refractivity contribution < 1.29 is 6.22 Å². The van der Waals surface area contributed by atoms with Gasteiger partial charge >= 0.3 is 0 Å². The summed E-state index contributed by atoms with van der Waals surface area (Å²) in [7, 11) is 0. The zero-order chi connectivity index (χ0) is 10.0. The van der Waals surface area contributed by atoms with Crippen molar-refractivity contribution in [2.75, 3.05) is 13.1 Å². The molecule has 0 bridgehead atoms. The molecule has 0 amide bonds. The third-order valence-electron chi connectivity index (χ3n) is 2.43. The number of hydrogen-bond donors (Lipinski definition) is 1. The van der Waals surface area contributed by atoms with Crippen LogP contribution >= 0.6 is 0 Å². The molecule has 1 saturated heterocycles. The summed E-state index contributed by atoms with van der Waals surface area (Å²) in [6, 6.07) is 0.923. The van der Waals surface area contributed by atoms with Gasteiger partial charge in [0.15, 0.2) is 5.78 Å². The smallest absolute Gasteiger partial charge is 0.164 e. The molecule has 0 unspecified atom stereocenters. The molecule has 0 spiro atoms. The average Bonchev–Trinajstić information content (AvgIpc) is 2.31. The van der Waals surface area contributed by atoms with Crippen LogP contribution in [-0.2, 0) is 4.79 Å². The lowest BCUT2D eigenvalue weighted by Crippen LogP contribution is -2.41. The highest BCUT2D eigenvalue weighted by molar-refractivity contribution is 5.88. The minimum atomic E-state index is 0. The Hall–Kier alpha value is -0.410. The Morgan fingerprint density at radius 1 is 1.46 bits per heavy atom. The first-order valence-electron chi connectivity index (χ1n) is 5.03.